The third-order valence-electron chi connectivity index (χ3n) is 3.72. The van der Waals surface area contributed by atoms with E-state index in [9.17, 15) is 8.78 Å². The van der Waals surface area contributed by atoms with Gasteiger partial charge in [0.15, 0.2) is 11.6 Å². The minimum absolute atomic E-state index is 0.166. The van der Waals surface area contributed by atoms with Crippen molar-refractivity contribution >= 4 is 0 Å². The molecule has 1 aromatic rings. The zero-order chi connectivity index (χ0) is 12.5. The van der Waals surface area contributed by atoms with E-state index in [2.05, 4.69) is 0 Å². The van der Waals surface area contributed by atoms with Crippen molar-refractivity contribution < 1.29 is 13.5 Å². The molecule has 0 heterocycles. The SMILES string of the molecule is COc1c(F)cc(F)cc1C1(CCN)CCC1. The lowest BCUT2D eigenvalue weighted by atomic mass is 9.62. The molecule has 17 heavy (non-hydrogen) atoms. The molecule has 0 spiro atoms. The molecule has 0 atom stereocenters. The summed E-state index contributed by atoms with van der Waals surface area (Å²) in [4.78, 5) is 0. The van der Waals surface area contributed by atoms with Gasteiger partial charge >= 0.3 is 0 Å². The molecule has 0 aromatic heterocycles. The highest BCUT2D eigenvalue weighted by Gasteiger charge is 2.41. The van der Waals surface area contributed by atoms with Crippen LogP contribution in [0.2, 0.25) is 0 Å². The smallest absolute Gasteiger partial charge is 0.168 e. The van der Waals surface area contributed by atoms with Crippen molar-refractivity contribution in [2.75, 3.05) is 13.7 Å². The average Bonchev–Trinajstić information content (AvgIpc) is 2.22. The van der Waals surface area contributed by atoms with Crippen LogP contribution >= 0.6 is 0 Å². The van der Waals surface area contributed by atoms with Crippen molar-refractivity contribution in [2.24, 2.45) is 5.73 Å². The normalized spacial score (nSPS) is 17.6. The number of halogens is 2. The fourth-order valence-corrected chi connectivity index (χ4v) is 2.70. The Morgan fingerprint density at radius 3 is 2.53 bits per heavy atom. The first-order valence-electron chi connectivity index (χ1n) is 5.86. The molecule has 1 fully saturated rings. The van der Waals surface area contributed by atoms with Crippen LogP contribution in [0.1, 0.15) is 31.2 Å². The van der Waals surface area contributed by atoms with E-state index in [1.165, 1.54) is 13.2 Å². The Morgan fingerprint density at radius 2 is 2.06 bits per heavy atom. The van der Waals surface area contributed by atoms with Crippen molar-refractivity contribution in [3.63, 3.8) is 0 Å². The molecule has 0 unspecified atom stereocenters. The Balaban J connectivity index is 2.49. The molecule has 1 aliphatic rings. The number of benzene rings is 1. The average molecular weight is 241 g/mol. The van der Waals surface area contributed by atoms with Crippen LogP contribution in [0, 0.1) is 11.6 Å². The van der Waals surface area contributed by atoms with Crippen LogP contribution in [0.5, 0.6) is 5.75 Å². The molecule has 1 aliphatic carbocycles. The summed E-state index contributed by atoms with van der Waals surface area (Å²) in [5.74, 6) is -1.02. The summed E-state index contributed by atoms with van der Waals surface area (Å²) in [6.45, 7) is 0.515. The monoisotopic (exact) mass is 241 g/mol. The lowest BCUT2D eigenvalue weighted by molar-refractivity contribution is 0.218. The van der Waals surface area contributed by atoms with E-state index in [1.807, 2.05) is 0 Å². The highest BCUT2D eigenvalue weighted by atomic mass is 19.1. The maximum atomic E-state index is 13.6. The van der Waals surface area contributed by atoms with Gasteiger partial charge in [0, 0.05) is 17.0 Å². The zero-order valence-corrected chi connectivity index (χ0v) is 9.93. The lowest BCUT2D eigenvalue weighted by Crippen LogP contribution is -2.37. The Labute approximate surface area is 99.8 Å². The number of hydrogen-bond acceptors (Lipinski definition) is 2. The van der Waals surface area contributed by atoms with Crippen LogP contribution in [0.25, 0.3) is 0 Å². The maximum Gasteiger partial charge on any atom is 0.168 e. The topological polar surface area (TPSA) is 35.2 Å². The quantitative estimate of drug-likeness (QED) is 0.879. The van der Waals surface area contributed by atoms with Gasteiger partial charge in [-0.15, -0.1) is 0 Å². The number of ether oxygens (including phenoxy) is 1. The molecule has 0 saturated heterocycles. The number of methoxy groups -OCH3 is 1. The molecule has 0 aliphatic heterocycles. The minimum Gasteiger partial charge on any atom is -0.493 e. The predicted octanol–water partition coefficient (Wildman–Crippen LogP) is 2.74. The summed E-state index contributed by atoms with van der Waals surface area (Å²) < 4.78 is 32.1. The molecule has 0 radical (unpaired) electrons. The summed E-state index contributed by atoms with van der Waals surface area (Å²) >= 11 is 0. The van der Waals surface area contributed by atoms with Crippen molar-refractivity contribution in [3.8, 4) is 5.75 Å². The van der Waals surface area contributed by atoms with Gasteiger partial charge in [-0.3, -0.25) is 0 Å². The Hall–Kier alpha value is -1.16. The van der Waals surface area contributed by atoms with Crippen LogP contribution < -0.4 is 10.5 Å². The molecule has 1 saturated carbocycles. The van der Waals surface area contributed by atoms with Crippen molar-refractivity contribution in [3.05, 3.63) is 29.3 Å². The second kappa shape index (κ2) is 4.61. The molecule has 1 aromatic carbocycles. The van der Waals surface area contributed by atoms with Gasteiger partial charge in [-0.05, 0) is 31.9 Å². The van der Waals surface area contributed by atoms with E-state index >= 15 is 0 Å². The molecule has 4 heteroatoms. The second-order valence-corrected chi connectivity index (χ2v) is 4.64. The van der Waals surface area contributed by atoms with Gasteiger partial charge in [-0.1, -0.05) is 6.42 Å². The van der Waals surface area contributed by atoms with Gasteiger partial charge < -0.3 is 10.5 Å². The highest BCUT2D eigenvalue weighted by molar-refractivity contribution is 5.42. The van der Waals surface area contributed by atoms with Gasteiger partial charge in [0.1, 0.15) is 5.82 Å². The molecule has 2 rings (SSSR count). The van der Waals surface area contributed by atoms with E-state index < -0.39 is 11.6 Å². The van der Waals surface area contributed by atoms with E-state index in [-0.39, 0.29) is 11.2 Å². The fourth-order valence-electron chi connectivity index (χ4n) is 2.70. The van der Waals surface area contributed by atoms with Gasteiger partial charge in [0.05, 0.1) is 7.11 Å². The third-order valence-corrected chi connectivity index (χ3v) is 3.72. The minimum atomic E-state index is -0.634. The fraction of sp³-hybridized carbons (Fsp3) is 0.538. The third kappa shape index (κ3) is 2.02. The number of rotatable bonds is 4. The van der Waals surface area contributed by atoms with E-state index in [0.29, 0.717) is 12.1 Å². The van der Waals surface area contributed by atoms with Gasteiger partial charge in [0.25, 0.3) is 0 Å². The first-order valence-corrected chi connectivity index (χ1v) is 5.86. The second-order valence-electron chi connectivity index (χ2n) is 4.64. The van der Waals surface area contributed by atoms with E-state index in [1.54, 1.807) is 0 Å². The number of nitrogens with two attached hydrogens (primary N) is 1. The zero-order valence-electron chi connectivity index (χ0n) is 9.93. The van der Waals surface area contributed by atoms with E-state index in [0.717, 1.165) is 31.7 Å². The standard InChI is InChI=1S/C13H17F2NO/c1-17-12-10(7-9(14)8-11(12)15)13(5-6-16)3-2-4-13/h7-8H,2-6,16H2,1H3. The highest BCUT2D eigenvalue weighted by Crippen LogP contribution is 2.50. The molecular weight excluding hydrogens is 224 g/mol. The van der Waals surface area contributed by atoms with E-state index in [4.69, 9.17) is 10.5 Å². The molecular formula is C13H17F2NO. The van der Waals surface area contributed by atoms with Crippen LogP contribution in [0.15, 0.2) is 12.1 Å². The largest absolute Gasteiger partial charge is 0.493 e. The Morgan fingerprint density at radius 1 is 1.35 bits per heavy atom. The summed E-state index contributed by atoms with van der Waals surface area (Å²) in [5.41, 5.74) is 6.04. The van der Waals surface area contributed by atoms with Gasteiger partial charge in [-0.25, -0.2) is 8.78 Å². The van der Waals surface area contributed by atoms with Crippen LogP contribution in [0.4, 0.5) is 8.78 Å². The van der Waals surface area contributed by atoms with Crippen molar-refractivity contribution in [1.29, 1.82) is 0 Å². The Kier molecular flexibility index (Phi) is 3.33. The first kappa shape index (κ1) is 12.3. The lowest BCUT2D eigenvalue weighted by Gasteiger charge is -2.43. The molecule has 94 valence electrons. The number of hydrogen-bond donors (Lipinski definition) is 1. The summed E-state index contributed by atoms with van der Waals surface area (Å²) in [7, 11) is 1.41. The maximum absolute atomic E-state index is 13.6. The molecule has 0 bridgehead atoms. The summed E-state index contributed by atoms with van der Waals surface area (Å²) in [6.07, 6.45) is 3.65. The van der Waals surface area contributed by atoms with Crippen LogP contribution in [-0.2, 0) is 5.41 Å². The first-order chi connectivity index (χ1) is 8.13. The Bertz CT molecular complexity index is 416. The van der Waals surface area contributed by atoms with Gasteiger partial charge in [0.2, 0.25) is 0 Å². The van der Waals surface area contributed by atoms with Crippen LogP contribution in [-0.4, -0.2) is 13.7 Å². The van der Waals surface area contributed by atoms with Crippen molar-refractivity contribution in [2.45, 2.75) is 31.1 Å². The predicted molar refractivity (Wildman–Crippen MR) is 62.1 cm³/mol. The van der Waals surface area contributed by atoms with Gasteiger partial charge in [-0.2, -0.15) is 0 Å². The molecule has 0 amide bonds. The molecule has 2 N–H and O–H groups in total. The van der Waals surface area contributed by atoms with Crippen LogP contribution in [0.3, 0.4) is 0 Å². The molecule has 2 nitrogen and oxygen atoms in total. The van der Waals surface area contributed by atoms with Crippen molar-refractivity contribution in [1.82, 2.24) is 0 Å². The summed E-state index contributed by atoms with van der Waals surface area (Å²) in [5, 5.41) is 0. The summed E-state index contributed by atoms with van der Waals surface area (Å²) in [6, 6.07) is 2.24.